The van der Waals surface area contributed by atoms with Crippen molar-refractivity contribution in [3.63, 3.8) is 0 Å². The van der Waals surface area contributed by atoms with Gasteiger partial charge in [-0.2, -0.15) is 0 Å². The molecule has 124 valence electrons. The molecule has 1 aromatic heterocycles. The van der Waals surface area contributed by atoms with Crippen molar-refractivity contribution >= 4 is 22.8 Å². The van der Waals surface area contributed by atoms with E-state index in [0.717, 1.165) is 23.4 Å². The van der Waals surface area contributed by atoms with Crippen molar-refractivity contribution in [1.29, 1.82) is 0 Å². The number of thioether (sulfide) groups is 1. The number of halogens is 2. The lowest BCUT2D eigenvalue weighted by atomic mass is 10.1. The van der Waals surface area contributed by atoms with Crippen molar-refractivity contribution in [3.05, 3.63) is 65.0 Å². The number of aryl methyl sites for hydroxylation is 1. The Kier molecular flexibility index (Phi) is 4.62. The maximum Gasteiger partial charge on any atom is 0.263 e. The summed E-state index contributed by atoms with van der Waals surface area (Å²) in [6.07, 6.45) is 1.73. The van der Waals surface area contributed by atoms with Gasteiger partial charge in [0.1, 0.15) is 17.2 Å². The molecule has 0 saturated heterocycles. The Morgan fingerprint density at radius 2 is 1.96 bits per heavy atom. The summed E-state index contributed by atoms with van der Waals surface area (Å²) in [6.45, 7) is 3.83. The second kappa shape index (κ2) is 6.68. The average Bonchev–Trinajstić information content (AvgIpc) is 2.87. The van der Waals surface area contributed by atoms with E-state index in [1.165, 1.54) is 17.8 Å². The van der Waals surface area contributed by atoms with E-state index in [4.69, 9.17) is 0 Å². The van der Waals surface area contributed by atoms with Crippen molar-refractivity contribution in [2.45, 2.75) is 25.1 Å². The molecule has 2 aromatic rings. The normalized spacial score (nSPS) is 19.9. The quantitative estimate of drug-likeness (QED) is 0.902. The number of carbonyl (C=O) groups excluding carboxylic acids is 1. The molecule has 2 unspecified atom stereocenters. The fraction of sp³-hybridized carbons (Fsp3) is 0.235. The molecule has 4 nitrogen and oxygen atoms in total. The summed E-state index contributed by atoms with van der Waals surface area (Å²) >= 11 is 1.36. The third kappa shape index (κ3) is 3.31. The predicted octanol–water partition coefficient (Wildman–Crippen LogP) is 3.63. The second-order valence-electron chi connectivity index (χ2n) is 5.49. The molecule has 0 aliphatic carbocycles. The van der Waals surface area contributed by atoms with Crippen LogP contribution < -0.4 is 5.32 Å². The molecule has 1 amide bonds. The standard InChI is InChI=1S/C17H15F2N3OS/c1-9-8-11(6-7-20-9)15-10(2)21-17(24-15)22-16(23)14-12(18)4-3-5-13(14)19/h3-8,10,15H,1-2H3,(H,21,22,23). The van der Waals surface area contributed by atoms with Gasteiger partial charge in [0.05, 0.1) is 11.3 Å². The number of nitrogens with zero attached hydrogens (tertiary/aromatic N) is 2. The van der Waals surface area contributed by atoms with E-state index >= 15 is 0 Å². The van der Waals surface area contributed by atoms with E-state index in [9.17, 15) is 13.6 Å². The summed E-state index contributed by atoms with van der Waals surface area (Å²) in [5.74, 6) is -2.63. The number of amides is 1. The minimum absolute atomic E-state index is 0.0208. The van der Waals surface area contributed by atoms with Gasteiger partial charge >= 0.3 is 0 Å². The van der Waals surface area contributed by atoms with Crippen molar-refractivity contribution in [2.75, 3.05) is 0 Å². The molecule has 0 spiro atoms. The predicted molar refractivity (Wildman–Crippen MR) is 90.0 cm³/mol. The highest BCUT2D eigenvalue weighted by Gasteiger charge is 2.30. The van der Waals surface area contributed by atoms with Crippen LogP contribution in [0.15, 0.2) is 41.5 Å². The molecular formula is C17H15F2N3OS. The highest BCUT2D eigenvalue weighted by atomic mass is 32.2. The van der Waals surface area contributed by atoms with Crippen molar-refractivity contribution in [3.8, 4) is 0 Å². The number of hydrogen-bond acceptors (Lipinski definition) is 4. The second-order valence-corrected chi connectivity index (χ2v) is 6.62. The Hall–Kier alpha value is -2.28. The third-order valence-electron chi connectivity index (χ3n) is 3.66. The average molecular weight is 347 g/mol. The van der Waals surface area contributed by atoms with Gasteiger partial charge in [0.15, 0.2) is 5.17 Å². The van der Waals surface area contributed by atoms with Crippen LogP contribution in [0.4, 0.5) is 8.78 Å². The molecule has 0 radical (unpaired) electrons. The third-order valence-corrected chi connectivity index (χ3v) is 5.01. The van der Waals surface area contributed by atoms with Crippen molar-refractivity contribution < 1.29 is 13.6 Å². The lowest BCUT2D eigenvalue weighted by molar-refractivity contribution is 0.0969. The molecule has 2 heterocycles. The van der Waals surface area contributed by atoms with Gasteiger partial charge in [-0.05, 0) is 43.7 Å². The van der Waals surface area contributed by atoms with E-state index in [2.05, 4.69) is 15.3 Å². The first-order chi connectivity index (χ1) is 11.5. The summed E-state index contributed by atoms with van der Waals surface area (Å²) in [7, 11) is 0. The summed E-state index contributed by atoms with van der Waals surface area (Å²) in [6, 6.07) is 7.10. The molecule has 1 aliphatic heterocycles. The molecule has 1 aromatic carbocycles. The first kappa shape index (κ1) is 16.6. The molecule has 0 bridgehead atoms. The van der Waals surface area contributed by atoms with Crippen LogP contribution in [0.2, 0.25) is 0 Å². The monoisotopic (exact) mass is 347 g/mol. The van der Waals surface area contributed by atoms with Crippen LogP contribution in [0.5, 0.6) is 0 Å². The highest BCUT2D eigenvalue weighted by Crippen LogP contribution is 2.39. The zero-order valence-corrected chi connectivity index (χ0v) is 13.9. The number of carbonyl (C=O) groups is 1. The Balaban J connectivity index is 1.75. The largest absolute Gasteiger partial charge is 0.301 e. The fourth-order valence-electron chi connectivity index (χ4n) is 2.53. The van der Waals surface area contributed by atoms with Gasteiger partial charge in [-0.3, -0.25) is 14.8 Å². The van der Waals surface area contributed by atoms with Gasteiger partial charge in [-0.15, -0.1) is 0 Å². The van der Waals surface area contributed by atoms with E-state index in [0.29, 0.717) is 5.17 Å². The Bertz CT molecular complexity index is 805. The van der Waals surface area contributed by atoms with E-state index < -0.39 is 23.1 Å². The molecule has 1 N–H and O–H groups in total. The first-order valence-electron chi connectivity index (χ1n) is 7.38. The molecule has 0 fully saturated rings. The number of benzene rings is 1. The van der Waals surface area contributed by atoms with Gasteiger partial charge in [-0.1, -0.05) is 17.8 Å². The molecular weight excluding hydrogens is 332 g/mol. The van der Waals surface area contributed by atoms with Crippen molar-refractivity contribution in [1.82, 2.24) is 10.3 Å². The van der Waals surface area contributed by atoms with Gasteiger partial charge in [0.2, 0.25) is 0 Å². The molecule has 0 saturated carbocycles. The minimum atomic E-state index is -0.898. The van der Waals surface area contributed by atoms with E-state index in [1.807, 2.05) is 26.0 Å². The zero-order valence-electron chi connectivity index (χ0n) is 13.1. The minimum Gasteiger partial charge on any atom is -0.301 e. The Morgan fingerprint density at radius 3 is 2.62 bits per heavy atom. The number of hydrogen-bond donors (Lipinski definition) is 1. The van der Waals surface area contributed by atoms with E-state index in [-0.39, 0.29) is 11.3 Å². The molecule has 7 heteroatoms. The van der Waals surface area contributed by atoms with Crippen LogP contribution >= 0.6 is 11.8 Å². The number of nitrogens with one attached hydrogen (secondary N) is 1. The summed E-state index contributed by atoms with van der Waals surface area (Å²) < 4.78 is 27.4. The lowest BCUT2D eigenvalue weighted by Gasteiger charge is -2.13. The summed E-state index contributed by atoms with van der Waals surface area (Å²) in [4.78, 5) is 20.7. The van der Waals surface area contributed by atoms with Crippen LogP contribution in [0, 0.1) is 18.6 Å². The van der Waals surface area contributed by atoms with Gasteiger partial charge in [0, 0.05) is 11.9 Å². The Morgan fingerprint density at radius 1 is 1.25 bits per heavy atom. The maximum absolute atomic E-state index is 13.7. The van der Waals surface area contributed by atoms with Crippen LogP contribution in [0.1, 0.15) is 33.8 Å². The van der Waals surface area contributed by atoms with Crippen molar-refractivity contribution in [2.24, 2.45) is 4.99 Å². The van der Waals surface area contributed by atoms with Crippen LogP contribution in [-0.2, 0) is 0 Å². The van der Waals surface area contributed by atoms with Gasteiger partial charge in [-0.25, -0.2) is 8.78 Å². The van der Waals surface area contributed by atoms with Crippen LogP contribution in [0.25, 0.3) is 0 Å². The zero-order chi connectivity index (χ0) is 17.3. The lowest BCUT2D eigenvalue weighted by Crippen LogP contribution is -2.29. The number of rotatable bonds is 2. The van der Waals surface area contributed by atoms with Gasteiger partial charge in [0.25, 0.3) is 5.91 Å². The Labute approximate surface area is 142 Å². The molecule has 1 aliphatic rings. The first-order valence-corrected chi connectivity index (χ1v) is 8.26. The highest BCUT2D eigenvalue weighted by molar-refractivity contribution is 8.14. The number of amidine groups is 1. The van der Waals surface area contributed by atoms with Crippen LogP contribution in [0.3, 0.4) is 0 Å². The topological polar surface area (TPSA) is 54.4 Å². The number of aliphatic imine (C=N–C) groups is 1. The van der Waals surface area contributed by atoms with Gasteiger partial charge < -0.3 is 5.32 Å². The maximum atomic E-state index is 13.7. The molecule has 3 rings (SSSR count). The SMILES string of the molecule is Cc1cc(C2SC(NC(=O)c3c(F)cccc3F)=NC2C)ccn1. The fourth-order valence-corrected chi connectivity index (χ4v) is 3.69. The number of aromatic nitrogens is 1. The summed E-state index contributed by atoms with van der Waals surface area (Å²) in [5, 5.41) is 2.88. The summed E-state index contributed by atoms with van der Waals surface area (Å²) in [5.41, 5.74) is 1.34. The smallest absolute Gasteiger partial charge is 0.263 e. The number of pyridine rings is 1. The van der Waals surface area contributed by atoms with Crippen LogP contribution in [-0.4, -0.2) is 22.1 Å². The molecule has 2 atom stereocenters. The van der Waals surface area contributed by atoms with E-state index in [1.54, 1.807) is 6.20 Å². The molecule has 24 heavy (non-hydrogen) atoms.